The predicted octanol–water partition coefficient (Wildman–Crippen LogP) is 2.87. The van der Waals surface area contributed by atoms with Crippen LogP contribution in [0.1, 0.15) is 23.2 Å². The largest absolute Gasteiger partial charge is 0.445 e. The summed E-state index contributed by atoms with van der Waals surface area (Å²) in [6.07, 6.45) is 0.867. The first-order chi connectivity index (χ1) is 12.7. The second kappa shape index (κ2) is 6.95. The van der Waals surface area contributed by atoms with Crippen LogP contribution in [-0.4, -0.2) is 44.5 Å². The molecule has 2 heterocycles. The van der Waals surface area contributed by atoms with Crippen LogP contribution >= 0.6 is 0 Å². The molecule has 0 unspecified atom stereocenters. The number of likely N-dealkylation sites (tertiary alicyclic amines) is 1. The van der Waals surface area contributed by atoms with Gasteiger partial charge in [0, 0.05) is 6.54 Å². The van der Waals surface area contributed by atoms with Gasteiger partial charge in [0.25, 0.3) is 5.91 Å². The fourth-order valence-electron chi connectivity index (χ4n) is 3.22. The van der Waals surface area contributed by atoms with E-state index in [9.17, 15) is 9.59 Å². The average molecular weight is 350 g/mol. The molecule has 1 atom stereocenters. The average Bonchev–Trinajstić information content (AvgIpc) is 3.33. The Labute approximate surface area is 150 Å². The molecule has 1 aliphatic heterocycles. The van der Waals surface area contributed by atoms with Gasteiger partial charge < -0.3 is 4.74 Å². The van der Waals surface area contributed by atoms with Gasteiger partial charge in [0.05, 0.1) is 5.52 Å². The zero-order valence-electron chi connectivity index (χ0n) is 14.1. The van der Waals surface area contributed by atoms with E-state index in [0.717, 1.165) is 12.0 Å². The Hall–Kier alpha value is -3.22. The van der Waals surface area contributed by atoms with Crippen molar-refractivity contribution in [2.45, 2.75) is 25.5 Å². The topological polar surface area (TPSA) is 77.3 Å². The van der Waals surface area contributed by atoms with Crippen LogP contribution in [0, 0.1) is 0 Å². The van der Waals surface area contributed by atoms with Crippen molar-refractivity contribution in [3.63, 3.8) is 0 Å². The lowest BCUT2D eigenvalue weighted by atomic mass is 10.2. The van der Waals surface area contributed by atoms with E-state index in [1.165, 1.54) is 9.58 Å². The number of fused-ring (bicyclic) bond motifs is 1. The molecule has 4 rings (SSSR count). The van der Waals surface area contributed by atoms with Crippen LogP contribution in [0.3, 0.4) is 0 Å². The first kappa shape index (κ1) is 16.3. The van der Waals surface area contributed by atoms with Crippen molar-refractivity contribution in [3.05, 3.63) is 60.2 Å². The summed E-state index contributed by atoms with van der Waals surface area (Å²) in [5.74, 6) is -0.257. The Morgan fingerprint density at radius 2 is 1.85 bits per heavy atom. The maximum Gasteiger partial charge on any atom is 0.410 e. The smallest absolute Gasteiger partial charge is 0.410 e. The van der Waals surface area contributed by atoms with E-state index in [4.69, 9.17) is 4.74 Å². The molecule has 0 spiro atoms. The van der Waals surface area contributed by atoms with E-state index in [1.807, 2.05) is 42.5 Å². The molecule has 2 aromatic carbocycles. The van der Waals surface area contributed by atoms with Gasteiger partial charge >= 0.3 is 6.09 Å². The highest BCUT2D eigenvalue weighted by Gasteiger charge is 2.36. The number of rotatable bonds is 3. The lowest BCUT2D eigenvalue weighted by Gasteiger charge is -2.22. The SMILES string of the molecule is O=C(OCc1ccccc1)N1CCC[C@H]1C(=O)n1nnc2ccccc21. The monoisotopic (exact) mass is 350 g/mol. The van der Waals surface area contributed by atoms with Gasteiger partial charge in [-0.1, -0.05) is 47.7 Å². The minimum Gasteiger partial charge on any atom is -0.445 e. The third kappa shape index (κ3) is 3.03. The van der Waals surface area contributed by atoms with E-state index in [-0.39, 0.29) is 12.5 Å². The Morgan fingerprint density at radius 1 is 1.08 bits per heavy atom. The molecule has 7 nitrogen and oxygen atoms in total. The fourth-order valence-corrected chi connectivity index (χ4v) is 3.22. The first-order valence-corrected chi connectivity index (χ1v) is 8.56. The molecule has 0 saturated carbocycles. The van der Waals surface area contributed by atoms with Gasteiger partial charge in [0.2, 0.25) is 0 Å². The summed E-state index contributed by atoms with van der Waals surface area (Å²) in [6.45, 7) is 0.681. The highest BCUT2D eigenvalue weighted by atomic mass is 16.6. The minimum absolute atomic E-state index is 0.184. The van der Waals surface area contributed by atoms with E-state index in [2.05, 4.69) is 10.3 Å². The molecular formula is C19H18N4O3. The summed E-state index contributed by atoms with van der Waals surface area (Å²) in [7, 11) is 0. The molecule has 7 heteroatoms. The number of nitrogens with zero attached hydrogens (tertiary/aromatic N) is 4. The number of amides is 1. The molecule has 26 heavy (non-hydrogen) atoms. The molecule has 1 amide bonds. The third-order valence-electron chi connectivity index (χ3n) is 4.54. The van der Waals surface area contributed by atoms with Crippen molar-refractivity contribution >= 4 is 23.0 Å². The second-order valence-corrected chi connectivity index (χ2v) is 6.22. The van der Waals surface area contributed by atoms with Crippen molar-refractivity contribution in [1.82, 2.24) is 19.9 Å². The van der Waals surface area contributed by atoms with Crippen molar-refractivity contribution < 1.29 is 14.3 Å². The Kier molecular flexibility index (Phi) is 4.35. The maximum atomic E-state index is 12.9. The molecule has 0 N–H and O–H groups in total. The van der Waals surface area contributed by atoms with Crippen LogP contribution < -0.4 is 0 Å². The zero-order valence-corrected chi connectivity index (χ0v) is 14.1. The quantitative estimate of drug-likeness (QED) is 0.726. The third-order valence-corrected chi connectivity index (χ3v) is 4.54. The van der Waals surface area contributed by atoms with E-state index >= 15 is 0 Å². The Bertz CT molecular complexity index is 938. The molecule has 0 aliphatic carbocycles. The van der Waals surface area contributed by atoms with Crippen LogP contribution in [-0.2, 0) is 11.3 Å². The molecule has 0 radical (unpaired) electrons. The Balaban J connectivity index is 1.49. The maximum absolute atomic E-state index is 12.9. The first-order valence-electron chi connectivity index (χ1n) is 8.56. The van der Waals surface area contributed by atoms with Crippen LogP contribution in [0.15, 0.2) is 54.6 Å². The van der Waals surface area contributed by atoms with Gasteiger partial charge in [0.15, 0.2) is 0 Å². The van der Waals surface area contributed by atoms with E-state index < -0.39 is 12.1 Å². The molecule has 1 saturated heterocycles. The molecule has 132 valence electrons. The normalized spacial score (nSPS) is 16.8. The molecule has 3 aromatic rings. The van der Waals surface area contributed by atoms with Crippen LogP contribution in [0.25, 0.3) is 11.0 Å². The van der Waals surface area contributed by atoms with Gasteiger partial charge in [0.1, 0.15) is 18.2 Å². The van der Waals surface area contributed by atoms with Crippen LogP contribution in [0.5, 0.6) is 0 Å². The van der Waals surface area contributed by atoms with Crippen molar-refractivity contribution in [2.75, 3.05) is 6.54 Å². The van der Waals surface area contributed by atoms with E-state index in [1.54, 1.807) is 12.1 Å². The summed E-state index contributed by atoms with van der Waals surface area (Å²) < 4.78 is 6.67. The van der Waals surface area contributed by atoms with Crippen LogP contribution in [0.2, 0.25) is 0 Å². The Morgan fingerprint density at radius 3 is 2.69 bits per heavy atom. The standard InChI is InChI=1S/C19H18N4O3/c24-18(23-16-10-5-4-9-15(16)20-21-23)17-11-6-12-22(17)19(25)26-13-14-7-2-1-3-8-14/h1-5,7-10,17H,6,11-13H2/t17-/m0/s1. The van der Waals surface area contributed by atoms with Gasteiger partial charge in [-0.3, -0.25) is 9.69 Å². The molecule has 1 aromatic heterocycles. The molecule has 0 bridgehead atoms. The molecular weight excluding hydrogens is 332 g/mol. The zero-order chi connectivity index (χ0) is 17.9. The van der Waals surface area contributed by atoms with Gasteiger partial charge in [-0.25, -0.2) is 4.79 Å². The van der Waals surface area contributed by atoms with Gasteiger partial charge in [-0.05, 0) is 30.5 Å². The predicted molar refractivity (Wildman–Crippen MR) is 94.5 cm³/mol. The van der Waals surface area contributed by atoms with Crippen molar-refractivity contribution in [3.8, 4) is 0 Å². The number of carbonyl (C=O) groups is 2. The molecule has 1 fully saturated rings. The summed E-state index contributed by atoms with van der Waals surface area (Å²) >= 11 is 0. The number of benzene rings is 2. The van der Waals surface area contributed by atoms with Gasteiger partial charge in [-0.15, -0.1) is 5.10 Å². The van der Waals surface area contributed by atoms with Crippen molar-refractivity contribution in [1.29, 1.82) is 0 Å². The number of para-hydroxylation sites is 1. The molecule has 1 aliphatic rings. The highest BCUT2D eigenvalue weighted by Crippen LogP contribution is 2.22. The number of hydrogen-bond acceptors (Lipinski definition) is 5. The lowest BCUT2D eigenvalue weighted by Crippen LogP contribution is -2.43. The summed E-state index contributed by atoms with van der Waals surface area (Å²) in [6, 6.07) is 16.1. The number of hydrogen-bond donors (Lipinski definition) is 0. The summed E-state index contributed by atoms with van der Waals surface area (Å²) in [5.41, 5.74) is 2.20. The van der Waals surface area contributed by atoms with Crippen molar-refractivity contribution in [2.24, 2.45) is 0 Å². The van der Waals surface area contributed by atoms with Gasteiger partial charge in [-0.2, -0.15) is 4.68 Å². The highest BCUT2D eigenvalue weighted by molar-refractivity contribution is 5.93. The number of aromatic nitrogens is 3. The second-order valence-electron chi connectivity index (χ2n) is 6.22. The van der Waals surface area contributed by atoms with Crippen LogP contribution in [0.4, 0.5) is 4.79 Å². The summed E-state index contributed by atoms with van der Waals surface area (Å²) in [4.78, 5) is 26.9. The fraction of sp³-hybridized carbons (Fsp3) is 0.263. The number of ether oxygens (including phenoxy) is 1. The lowest BCUT2D eigenvalue weighted by molar-refractivity contribution is 0.0665. The minimum atomic E-state index is -0.580. The van der Waals surface area contributed by atoms with E-state index in [0.29, 0.717) is 24.0 Å². The summed E-state index contributed by atoms with van der Waals surface area (Å²) in [5, 5.41) is 7.98. The number of carbonyl (C=O) groups excluding carboxylic acids is 2.